The van der Waals surface area contributed by atoms with E-state index in [4.69, 9.17) is 5.73 Å². The van der Waals surface area contributed by atoms with Crippen LogP contribution >= 0.6 is 0 Å². The van der Waals surface area contributed by atoms with Crippen molar-refractivity contribution in [2.45, 2.75) is 44.3 Å². The Labute approximate surface area is 110 Å². The molecule has 0 atom stereocenters. The first-order valence-electron chi connectivity index (χ1n) is 6.90. The average Bonchev–Trinajstić information content (AvgIpc) is 2.34. The lowest BCUT2D eigenvalue weighted by Crippen LogP contribution is -2.33. The van der Waals surface area contributed by atoms with Gasteiger partial charge in [0.1, 0.15) is 0 Å². The van der Waals surface area contributed by atoms with Crippen LogP contribution in [0.4, 0.5) is 5.69 Å². The summed E-state index contributed by atoms with van der Waals surface area (Å²) in [6, 6.07) is 9.62. The van der Waals surface area contributed by atoms with Crippen LogP contribution in [-0.2, 0) is 6.54 Å². The number of anilines is 1. The van der Waals surface area contributed by atoms with Crippen molar-refractivity contribution in [3.05, 3.63) is 29.8 Å². The first-order valence-corrected chi connectivity index (χ1v) is 6.90. The highest BCUT2D eigenvalue weighted by Gasteiger charge is 2.18. The molecule has 1 fully saturated rings. The number of para-hydroxylation sites is 1. The van der Waals surface area contributed by atoms with Gasteiger partial charge in [0.15, 0.2) is 0 Å². The molecule has 0 aliphatic heterocycles. The number of nitrogens with one attached hydrogen (secondary N) is 1. The SMILES string of the molecule is CN(C)Cc1ccccc1NC1CCC(N)CC1. The highest BCUT2D eigenvalue weighted by molar-refractivity contribution is 5.51. The third kappa shape index (κ3) is 3.72. The van der Waals surface area contributed by atoms with Crippen LogP contribution < -0.4 is 11.1 Å². The molecule has 0 radical (unpaired) electrons. The molecule has 0 heterocycles. The summed E-state index contributed by atoms with van der Waals surface area (Å²) in [5.74, 6) is 0. The summed E-state index contributed by atoms with van der Waals surface area (Å²) in [6.07, 6.45) is 4.68. The van der Waals surface area contributed by atoms with Crippen LogP contribution in [0, 0.1) is 0 Å². The maximum Gasteiger partial charge on any atom is 0.0388 e. The van der Waals surface area contributed by atoms with Gasteiger partial charge < -0.3 is 16.0 Å². The number of nitrogens with zero attached hydrogens (tertiary/aromatic N) is 1. The Morgan fingerprint density at radius 3 is 2.50 bits per heavy atom. The molecule has 1 aliphatic carbocycles. The van der Waals surface area contributed by atoms with Gasteiger partial charge in [-0.2, -0.15) is 0 Å². The van der Waals surface area contributed by atoms with E-state index in [1.807, 2.05) is 0 Å². The van der Waals surface area contributed by atoms with E-state index in [0.717, 1.165) is 19.4 Å². The average molecular weight is 247 g/mol. The molecule has 1 saturated carbocycles. The van der Waals surface area contributed by atoms with Crippen molar-refractivity contribution in [1.82, 2.24) is 4.90 Å². The van der Waals surface area contributed by atoms with Crippen LogP contribution in [0.2, 0.25) is 0 Å². The van der Waals surface area contributed by atoms with Gasteiger partial charge in [0.05, 0.1) is 0 Å². The maximum absolute atomic E-state index is 5.95. The second-order valence-corrected chi connectivity index (χ2v) is 5.65. The standard InChI is InChI=1S/C15H25N3/c1-18(2)11-12-5-3-4-6-15(12)17-14-9-7-13(16)8-10-14/h3-6,13-14,17H,7-11,16H2,1-2H3. The van der Waals surface area contributed by atoms with Crippen LogP contribution in [0.25, 0.3) is 0 Å². The zero-order chi connectivity index (χ0) is 13.0. The summed E-state index contributed by atoms with van der Waals surface area (Å²) >= 11 is 0. The lowest BCUT2D eigenvalue weighted by molar-refractivity contribution is 0.399. The zero-order valence-electron chi connectivity index (χ0n) is 11.5. The van der Waals surface area contributed by atoms with Gasteiger partial charge in [0.25, 0.3) is 0 Å². The molecule has 18 heavy (non-hydrogen) atoms. The van der Waals surface area contributed by atoms with E-state index in [1.54, 1.807) is 0 Å². The monoisotopic (exact) mass is 247 g/mol. The van der Waals surface area contributed by atoms with Crippen molar-refractivity contribution in [2.75, 3.05) is 19.4 Å². The molecule has 0 aromatic heterocycles. The molecule has 0 saturated heterocycles. The molecule has 3 heteroatoms. The molecular weight excluding hydrogens is 222 g/mol. The fraction of sp³-hybridized carbons (Fsp3) is 0.600. The zero-order valence-corrected chi connectivity index (χ0v) is 11.5. The minimum absolute atomic E-state index is 0.417. The molecule has 3 nitrogen and oxygen atoms in total. The fourth-order valence-corrected chi connectivity index (χ4v) is 2.62. The van der Waals surface area contributed by atoms with Crippen molar-refractivity contribution in [3.63, 3.8) is 0 Å². The molecule has 100 valence electrons. The van der Waals surface area contributed by atoms with Crippen LogP contribution in [0.3, 0.4) is 0 Å². The highest BCUT2D eigenvalue weighted by Crippen LogP contribution is 2.23. The Balaban J connectivity index is 2.00. The van der Waals surface area contributed by atoms with Crippen molar-refractivity contribution in [3.8, 4) is 0 Å². The summed E-state index contributed by atoms with van der Waals surface area (Å²) in [7, 11) is 4.22. The lowest BCUT2D eigenvalue weighted by Gasteiger charge is -2.28. The molecule has 1 aromatic carbocycles. The molecular formula is C15H25N3. The van der Waals surface area contributed by atoms with Crippen molar-refractivity contribution in [1.29, 1.82) is 0 Å². The molecule has 0 bridgehead atoms. The number of rotatable bonds is 4. The quantitative estimate of drug-likeness (QED) is 0.858. The smallest absolute Gasteiger partial charge is 0.0388 e. The molecule has 3 N–H and O–H groups in total. The highest BCUT2D eigenvalue weighted by atomic mass is 15.1. The number of hydrogen-bond donors (Lipinski definition) is 2. The summed E-state index contributed by atoms with van der Waals surface area (Å²) in [5.41, 5.74) is 8.61. The Morgan fingerprint density at radius 2 is 1.83 bits per heavy atom. The van der Waals surface area contributed by atoms with Gasteiger partial charge in [0, 0.05) is 24.3 Å². The van der Waals surface area contributed by atoms with Crippen molar-refractivity contribution in [2.24, 2.45) is 5.73 Å². The lowest BCUT2D eigenvalue weighted by atomic mass is 9.91. The van der Waals surface area contributed by atoms with Crippen LogP contribution in [-0.4, -0.2) is 31.1 Å². The van der Waals surface area contributed by atoms with Gasteiger partial charge in [-0.05, 0) is 51.4 Å². The molecule has 0 spiro atoms. The van der Waals surface area contributed by atoms with E-state index < -0.39 is 0 Å². The Bertz CT molecular complexity index is 368. The third-order valence-electron chi connectivity index (χ3n) is 3.64. The van der Waals surface area contributed by atoms with Crippen LogP contribution in [0.5, 0.6) is 0 Å². The summed E-state index contributed by atoms with van der Waals surface area (Å²) < 4.78 is 0. The molecule has 1 aliphatic rings. The minimum atomic E-state index is 0.417. The van der Waals surface area contributed by atoms with Gasteiger partial charge in [-0.3, -0.25) is 0 Å². The minimum Gasteiger partial charge on any atom is -0.382 e. The predicted molar refractivity (Wildman–Crippen MR) is 77.7 cm³/mol. The largest absolute Gasteiger partial charge is 0.382 e. The number of benzene rings is 1. The third-order valence-corrected chi connectivity index (χ3v) is 3.64. The van der Waals surface area contributed by atoms with Crippen molar-refractivity contribution >= 4 is 5.69 Å². The van der Waals surface area contributed by atoms with E-state index in [-0.39, 0.29) is 0 Å². The van der Waals surface area contributed by atoms with E-state index in [0.29, 0.717) is 12.1 Å². The van der Waals surface area contributed by atoms with Gasteiger partial charge in [0.2, 0.25) is 0 Å². The summed E-state index contributed by atoms with van der Waals surface area (Å²) in [5, 5.41) is 3.69. The van der Waals surface area contributed by atoms with Crippen LogP contribution in [0.15, 0.2) is 24.3 Å². The van der Waals surface area contributed by atoms with Gasteiger partial charge >= 0.3 is 0 Å². The predicted octanol–water partition coefficient (Wildman–Crippen LogP) is 2.43. The Kier molecular flexibility index (Phi) is 4.61. The molecule has 1 aromatic rings. The van der Waals surface area contributed by atoms with Crippen LogP contribution in [0.1, 0.15) is 31.2 Å². The number of hydrogen-bond acceptors (Lipinski definition) is 3. The maximum atomic E-state index is 5.95. The first kappa shape index (κ1) is 13.4. The Hall–Kier alpha value is -1.06. The fourth-order valence-electron chi connectivity index (χ4n) is 2.62. The summed E-state index contributed by atoms with van der Waals surface area (Å²) in [6.45, 7) is 0.982. The van der Waals surface area contributed by atoms with E-state index in [9.17, 15) is 0 Å². The molecule has 0 amide bonds. The summed E-state index contributed by atoms with van der Waals surface area (Å²) in [4.78, 5) is 2.21. The van der Waals surface area contributed by atoms with Gasteiger partial charge in [-0.15, -0.1) is 0 Å². The molecule has 2 rings (SSSR count). The Morgan fingerprint density at radius 1 is 1.17 bits per heavy atom. The first-order chi connectivity index (χ1) is 8.65. The van der Waals surface area contributed by atoms with E-state index in [2.05, 4.69) is 48.6 Å². The second kappa shape index (κ2) is 6.21. The molecule has 0 unspecified atom stereocenters. The van der Waals surface area contributed by atoms with E-state index >= 15 is 0 Å². The van der Waals surface area contributed by atoms with Crippen molar-refractivity contribution < 1.29 is 0 Å². The second-order valence-electron chi connectivity index (χ2n) is 5.65. The topological polar surface area (TPSA) is 41.3 Å². The van der Waals surface area contributed by atoms with Gasteiger partial charge in [-0.25, -0.2) is 0 Å². The van der Waals surface area contributed by atoms with E-state index in [1.165, 1.54) is 24.1 Å². The van der Waals surface area contributed by atoms with Gasteiger partial charge in [-0.1, -0.05) is 18.2 Å². The normalized spacial score (nSPS) is 24.2. The number of nitrogens with two attached hydrogens (primary N) is 1.